The Labute approximate surface area is 188 Å². The summed E-state index contributed by atoms with van der Waals surface area (Å²) in [4.78, 5) is 0. The normalized spacial score (nSPS) is 24.7. The van der Waals surface area contributed by atoms with Crippen molar-refractivity contribution in [3.05, 3.63) is 64.2 Å². The van der Waals surface area contributed by atoms with Crippen LogP contribution in [0.2, 0.25) is 5.02 Å². The minimum atomic E-state index is -0.472. The molecule has 1 aliphatic carbocycles. The molecule has 1 heterocycles. The molecule has 1 saturated carbocycles. The van der Waals surface area contributed by atoms with Crippen LogP contribution in [0.15, 0.2) is 42.5 Å². The van der Waals surface area contributed by atoms with Gasteiger partial charge < -0.3 is 24.4 Å². The van der Waals surface area contributed by atoms with Gasteiger partial charge in [0.05, 0.1) is 37.1 Å². The monoisotopic (exact) mass is 446 g/mol. The first-order valence-electron chi connectivity index (χ1n) is 11.0. The van der Waals surface area contributed by atoms with Gasteiger partial charge >= 0.3 is 0 Å². The van der Waals surface area contributed by atoms with Crippen LogP contribution in [-0.2, 0) is 15.9 Å². The predicted molar refractivity (Wildman–Crippen MR) is 120 cm³/mol. The predicted octanol–water partition coefficient (Wildman–Crippen LogP) is 4.45. The van der Waals surface area contributed by atoms with Crippen molar-refractivity contribution >= 4 is 11.6 Å². The highest BCUT2D eigenvalue weighted by atomic mass is 35.5. The molecule has 3 unspecified atom stereocenters. The number of aliphatic hydroxyl groups excluding tert-OH is 2. The Morgan fingerprint density at radius 1 is 1.10 bits per heavy atom. The number of ether oxygens (including phenoxy) is 3. The molecule has 1 aliphatic heterocycles. The SMILES string of the molecule is CC1(OCCOc2ccc(Cc3cc(C4CC(O)CC(CO)O4)ccc3Cl)cc2)CC1. The number of hydrogen-bond acceptors (Lipinski definition) is 5. The highest BCUT2D eigenvalue weighted by Gasteiger charge is 2.38. The largest absolute Gasteiger partial charge is 0.491 e. The maximum atomic E-state index is 10.1. The van der Waals surface area contributed by atoms with Crippen molar-refractivity contribution in [3.8, 4) is 5.75 Å². The van der Waals surface area contributed by atoms with Gasteiger partial charge in [0.15, 0.2) is 0 Å². The maximum Gasteiger partial charge on any atom is 0.119 e. The van der Waals surface area contributed by atoms with Gasteiger partial charge in [0.25, 0.3) is 0 Å². The lowest BCUT2D eigenvalue weighted by Crippen LogP contribution is -2.33. The second-order valence-corrected chi connectivity index (χ2v) is 9.28. The molecule has 2 fully saturated rings. The summed E-state index contributed by atoms with van der Waals surface area (Å²) in [6.07, 6.45) is 2.90. The van der Waals surface area contributed by atoms with Gasteiger partial charge in [-0.2, -0.15) is 0 Å². The lowest BCUT2D eigenvalue weighted by molar-refractivity contribution is -0.113. The first kappa shape index (κ1) is 22.6. The zero-order chi connectivity index (χ0) is 21.8. The highest BCUT2D eigenvalue weighted by Crippen LogP contribution is 2.38. The van der Waals surface area contributed by atoms with Crippen LogP contribution in [0, 0.1) is 0 Å². The van der Waals surface area contributed by atoms with E-state index in [0.29, 0.717) is 37.5 Å². The summed E-state index contributed by atoms with van der Waals surface area (Å²) in [5, 5.41) is 20.2. The Morgan fingerprint density at radius 3 is 2.58 bits per heavy atom. The zero-order valence-electron chi connectivity index (χ0n) is 17.9. The van der Waals surface area contributed by atoms with Gasteiger partial charge in [-0.15, -0.1) is 0 Å². The average Bonchev–Trinajstić information content (AvgIpc) is 3.50. The fourth-order valence-electron chi connectivity index (χ4n) is 3.94. The van der Waals surface area contributed by atoms with Crippen LogP contribution >= 0.6 is 11.6 Å². The van der Waals surface area contributed by atoms with Crippen molar-refractivity contribution in [1.29, 1.82) is 0 Å². The molecule has 0 amide bonds. The Morgan fingerprint density at radius 2 is 1.87 bits per heavy atom. The van der Waals surface area contributed by atoms with Crippen molar-refractivity contribution in [2.45, 2.75) is 62.9 Å². The fourth-order valence-corrected chi connectivity index (χ4v) is 4.13. The molecule has 2 aromatic rings. The quantitative estimate of drug-likeness (QED) is 0.557. The lowest BCUT2D eigenvalue weighted by atomic mass is 9.94. The van der Waals surface area contributed by atoms with E-state index in [4.69, 9.17) is 25.8 Å². The van der Waals surface area contributed by atoms with Gasteiger partial charge in [-0.1, -0.05) is 35.9 Å². The summed E-state index contributed by atoms with van der Waals surface area (Å²) in [5.74, 6) is 0.827. The molecule has 6 heteroatoms. The van der Waals surface area contributed by atoms with Crippen molar-refractivity contribution < 1.29 is 24.4 Å². The molecular formula is C25H31ClO5. The van der Waals surface area contributed by atoms with E-state index in [1.165, 1.54) is 0 Å². The smallest absolute Gasteiger partial charge is 0.119 e. The van der Waals surface area contributed by atoms with Gasteiger partial charge in [-0.05, 0) is 61.1 Å². The topological polar surface area (TPSA) is 68.2 Å². The standard InChI is InChI=1S/C25H31ClO5/c1-25(8-9-25)30-11-10-29-21-5-2-17(3-6-21)12-19-13-18(4-7-23(19)26)24-15-20(28)14-22(16-27)31-24/h2-7,13,20,22,24,27-28H,8-12,14-16H2,1H3. The molecule has 5 nitrogen and oxygen atoms in total. The molecule has 1 saturated heterocycles. The van der Waals surface area contributed by atoms with E-state index in [-0.39, 0.29) is 24.4 Å². The van der Waals surface area contributed by atoms with Crippen molar-refractivity contribution in [3.63, 3.8) is 0 Å². The van der Waals surface area contributed by atoms with Crippen LogP contribution in [0.3, 0.4) is 0 Å². The Hall–Kier alpha value is -1.63. The number of halogens is 1. The molecule has 168 valence electrons. The van der Waals surface area contributed by atoms with E-state index in [2.05, 4.69) is 6.92 Å². The van der Waals surface area contributed by atoms with Gasteiger partial charge in [0.2, 0.25) is 0 Å². The van der Waals surface area contributed by atoms with Crippen molar-refractivity contribution in [1.82, 2.24) is 0 Å². The molecule has 2 N–H and O–H groups in total. The van der Waals surface area contributed by atoms with Crippen LogP contribution < -0.4 is 4.74 Å². The van der Waals surface area contributed by atoms with Gasteiger partial charge in [-0.25, -0.2) is 0 Å². The van der Waals surface area contributed by atoms with Crippen LogP contribution in [0.1, 0.15) is 55.4 Å². The zero-order valence-corrected chi connectivity index (χ0v) is 18.7. The summed E-state index contributed by atoms with van der Waals surface area (Å²) < 4.78 is 17.5. The van der Waals surface area contributed by atoms with Gasteiger partial charge in [0, 0.05) is 17.9 Å². The van der Waals surface area contributed by atoms with Crippen LogP contribution in [0.5, 0.6) is 5.75 Å². The summed E-state index contributed by atoms with van der Waals surface area (Å²) in [5.41, 5.74) is 3.19. The number of rotatable bonds is 9. The molecule has 2 aliphatic rings. The van der Waals surface area contributed by atoms with E-state index >= 15 is 0 Å². The third kappa shape index (κ3) is 6.21. The maximum absolute atomic E-state index is 10.1. The molecule has 0 bridgehead atoms. The summed E-state index contributed by atoms with van der Waals surface area (Å²) in [6.45, 7) is 3.20. The highest BCUT2D eigenvalue weighted by molar-refractivity contribution is 6.31. The molecule has 0 spiro atoms. The minimum absolute atomic E-state index is 0.0841. The third-order valence-electron chi connectivity index (χ3n) is 6.10. The molecule has 0 aromatic heterocycles. The van der Waals surface area contributed by atoms with E-state index in [1.54, 1.807) is 0 Å². The van der Waals surface area contributed by atoms with Gasteiger partial charge in [0.1, 0.15) is 12.4 Å². The molecular weight excluding hydrogens is 416 g/mol. The Kier molecular flexibility index (Phi) is 7.19. The van der Waals surface area contributed by atoms with Crippen LogP contribution in [0.25, 0.3) is 0 Å². The van der Waals surface area contributed by atoms with Crippen molar-refractivity contribution in [2.24, 2.45) is 0 Å². The molecule has 0 radical (unpaired) electrons. The van der Waals surface area contributed by atoms with Crippen LogP contribution in [0.4, 0.5) is 0 Å². The molecule has 4 rings (SSSR count). The van der Waals surface area contributed by atoms with Gasteiger partial charge in [-0.3, -0.25) is 0 Å². The van der Waals surface area contributed by atoms with E-state index in [1.807, 2.05) is 42.5 Å². The summed E-state index contributed by atoms with van der Waals surface area (Å²) in [7, 11) is 0. The summed E-state index contributed by atoms with van der Waals surface area (Å²) in [6, 6.07) is 13.9. The summed E-state index contributed by atoms with van der Waals surface area (Å²) >= 11 is 6.46. The Bertz CT molecular complexity index is 865. The minimum Gasteiger partial charge on any atom is -0.491 e. The fraction of sp³-hybridized carbons (Fsp3) is 0.520. The lowest BCUT2D eigenvalue weighted by Gasteiger charge is -2.32. The average molecular weight is 447 g/mol. The molecule has 31 heavy (non-hydrogen) atoms. The van der Waals surface area contributed by atoms with E-state index in [9.17, 15) is 10.2 Å². The number of benzene rings is 2. The second-order valence-electron chi connectivity index (χ2n) is 8.87. The van der Waals surface area contributed by atoms with Crippen LogP contribution in [-0.4, -0.2) is 47.8 Å². The number of aliphatic hydroxyl groups is 2. The van der Waals surface area contributed by atoms with E-state index in [0.717, 1.165) is 35.3 Å². The van der Waals surface area contributed by atoms with E-state index < -0.39 is 6.10 Å². The number of hydrogen-bond donors (Lipinski definition) is 2. The third-order valence-corrected chi connectivity index (χ3v) is 6.47. The Balaban J connectivity index is 1.35. The van der Waals surface area contributed by atoms with Crippen molar-refractivity contribution in [2.75, 3.05) is 19.8 Å². The first-order valence-corrected chi connectivity index (χ1v) is 11.4. The second kappa shape index (κ2) is 9.88. The first-order chi connectivity index (χ1) is 14.9. The molecule has 2 aromatic carbocycles. The molecule has 3 atom stereocenters.